The summed E-state index contributed by atoms with van der Waals surface area (Å²) >= 11 is 6.86. The van der Waals surface area contributed by atoms with Gasteiger partial charge in [-0.3, -0.25) is 9.78 Å². The first-order valence-corrected chi connectivity index (χ1v) is 9.68. The average molecular weight is 363 g/mol. The topological polar surface area (TPSA) is 51.2 Å². The van der Waals surface area contributed by atoms with Crippen molar-refractivity contribution in [2.24, 2.45) is 17.3 Å². The summed E-state index contributed by atoms with van der Waals surface area (Å²) in [5.41, 5.74) is 2.64. The van der Waals surface area contributed by atoms with Crippen molar-refractivity contribution in [1.29, 1.82) is 0 Å². The Bertz CT molecular complexity index is 704. The Morgan fingerprint density at radius 3 is 2.60 bits per heavy atom. The summed E-state index contributed by atoms with van der Waals surface area (Å²) in [6, 6.07) is 0. The molecule has 4 aliphatic carbocycles. The molecule has 5 heteroatoms. The molecule has 1 aromatic heterocycles. The van der Waals surface area contributed by atoms with Gasteiger partial charge in [0.15, 0.2) is 0 Å². The van der Waals surface area contributed by atoms with E-state index >= 15 is 0 Å². The highest BCUT2D eigenvalue weighted by Crippen LogP contribution is 2.63. The summed E-state index contributed by atoms with van der Waals surface area (Å²) in [7, 11) is 1.67. The number of hydrogen-bond donors (Lipinski definition) is 1. The lowest BCUT2D eigenvalue weighted by Crippen LogP contribution is -2.58. The molecule has 0 radical (unpaired) electrons. The van der Waals surface area contributed by atoms with Crippen molar-refractivity contribution in [2.75, 3.05) is 7.11 Å². The van der Waals surface area contributed by atoms with Crippen LogP contribution in [0.4, 0.5) is 0 Å². The number of halogens is 1. The normalized spacial score (nSPS) is 35.7. The Kier molecular flexibility index (Phi) is 4.02. The third kappa shape index (κ3) is 2.83. The third-order valence-corrected chi connectivity index (χ3v) is 7.08. The van der Waals surface area contributed by atoms with Gasteiger partial charge in [-0.1, -0.05) is 0 Å². The number of methoxy groups -OCH3 is 1. The van der Waals surface area contributed by atoms with E-state index in [1.54, 1.807) is 7.11 Å². The van der Waals surface area contributed by atoms with Crippen LogP contribution < -0.4 is 10.1 Å². The van der Waals surface area contributed by atoms with Gasteiger partial charge < -0.3 is 10.1 Å². The first kappa shape index (κ1) is 17.1. The first-order chi connectivity index (χ1) is 11.8. The van der Waals surface area contributed by atoms with Crippen molar-refractivity contribution in [2.45, 2.75) is 63.8 Å². The molecule has 4 aliphatic rings. The van der Waals surface area contributed by atoms with E-state index in [2.05, 4.69) is 10.3 Å². The van der Waals surface area contributed by atoms with Gasteiger partial charge in [-0.25, -0.2) is 0 Å². The highest BCUT2D eigenvalue weighted by Gasteiger charge is 2.59. The predicted octanol–water partition coefficient (Wildman–Crippen LogP) is 3.90. The maximum absolute atomic E-state index is 13.1. The van der Waals surface area contributed by atoms with Crippen molar-refractivity contribution < 1.29 is 9.53 Å². The molecule has 5 rings (SSSR count). The van der Waals surface area contributed by atoms with Crippen LogP contribution in [0.1, 0.15) is 55.3 Å². The molecule has 0 saturated heterocycles. The molecule has 0 spiro atoms. The Morgan fingerprint density at radius 1 is 1.32 bits per heavy atom. The Hall–Kier alpha value is -1.29. The molecule has 4 bridgehead atoms. The van der Waals surface area contributed by atoms with Gasteiger partial charge in [0.1, 0.15) is 5.75 Å². The zero-order valence-electron chi connectivity index (χ0n) is 15.3. The van der Waals surface area contributed by atoms with E-state index in [1.807, 2.05) is 20.0 Å². The highest BCUT2D eigenvalue weighted by molar-refractivity contribution is 6.24. The van der Waals surface area contributed by atoms with Crippen LogP contribution in [0.15, 0.2) is 6.20 Å². The van der Waals surface area contributed by atoms with Gasteiger partial charge in [-0.05, 0) is 64.2 Å². The van der Waals surface area contributed by atoms with Crippen molar-refractivity contribution in [3.8, 4) is 5.75 Å². The molecule has 25 heavy (non-hydrogen) atoms. The summed E-state index contributed by atoms with van der Waals surface area (Å²) in [5, 5.41) is 3.17. The largest absolute Gasteiger partial charge is 0.496 e. The lowest BCUT2D eigenvalue weighted by molar-refractivity contribution is -0.144. The summed E-state index contributed by atoms with van der Waals surface area (Å²) in [6.45, 7) is 4.43. The van der Waals surface area contributed by atoms with Crippen LogP contribution in [0.5, 0.6) is 5.75 Å². The second-order valence-corrected chi connectivity index (χ2v) is 9.42. The van der Waals surface area contributed by atoms with Gasteiger partial charge in [0.25, 0.3) is 0 Å². The Balaban J connectivity index is 1.50. The lowest BCUT2D eigenvalue weighted by Gasteiger charge is -2.59. The maximum atomic E-state index is 13.1. The van der Waals surface area contributed by atoms with Crippen molar-refractivity contribution in [3.05, 3.63) is 23.0 Å². The molecule has 0 aromatic carbocycles. The number of carbonyl (C=O) groups excluding carboxylic acids is 1. The number of ether oxygens (including phenoxy) is 1. The molecule has 1 amide bonds. The number of rotatable bonds is 4. The van der Waals surface area contributed by atoms with E-state index in [4.69, 9.17) is 16.3 Å². The van der Waals surface area contributed by atoms with Gasteiger partial charge in [-0.15, -0.1) is 11.6 Å². The molecule has 4 fully saturated rings. The fourth-order valence-electron chi connectivity index (χ4n) is 6.02. The quantitative estimate of drug-likeness (QED) is 0.826. The Labute approximate surface area is 154 Å². The summed E-state index contributed by atoms with van der Waals surface area (Å²) < 4.78 is 5.47. The number of hydrogen-bond acceptors (Lipinski definition) is 3. The number of alkyl halides is 1. The second-order valence-electron chi connectivity index (χ2n) is 8.62. The molecule has 1 N–H and O–H groups in total. The minimum Gasteiger partial charge on any atom is -0.496 e. The van der Waals surface area contributed by atoms with Crippen LogP contribution in [0.25, 0.3) is 0 Å². The zero-order chi connectivity index (χ0) is 17.8. The number of aromatic nitrogens is 1. The van der Waals surface area contributed by atoms with Crippen molar-refractivity contribution in [3.63, 3.8) is 0 Å². The standard InChI is InChI=1S/C20H27ClN2O2/c1-12-9-22-16(13(2)17(12)25-3)10-23-18(24)19-5-14-4-15(6-19)8-20(21,7-14)11-19/h9,14-15H,4-8,10-11H2,1-3H3,(H,23,24). The number of carbonyl (C=O) groups is 1. The van der Waals surface area contributed by atoms with Gasteiger partial charge in [-0.2, -0.15) is 0 Å². The lowest BCUT2D eigenvalue weighted by atomic mass is 9.49. The van der Waals surface area contributed by atoms with E-state index < -0.39 is 0 Å². The first-order valence-electron chi connectivity index (χ1n) is 9.30. The van der Waals surface area contributed by atoms with Crippen molar-refractivity contribution in [1.82, 2.24) is 10.3 Å². The fourth-order valence-corrected chi connectivity index (χ4v) is 6.71. The molecule has 1 aromatic rings. The Morgan fingerprint density at radius 2 is 2.00 bits per heavy atom. The molecule has 136 valence electrons. The van der Waals surface area contributed by atoms with E-state index in [1.165, 1.54) is 6.42 Å². The molecule has 2 atom stereocenters. The van der Waals surface area contributed by atoms with Crippen LogP contribution in [0.2, 0.25) is 0 Å². The number of aryl methyl sites for hydroxylation is 1. The molecule has 4 saturated carbocycles. The molecule has 2 unspecified atom stereocenters. The smallest absolute Gasteiger partial charge is 0.226 e. The summed E-state index contributed by atoms with van der Waals surface area (Å²) in [4.78, 5) is 17.5. The monoisotopic (exact) mass is 362 g/mol. The summed E-state index contributed by atoms with van der Waals surface area (Å²) in [5.74, 6) is 2.29. The van der Waals surface area contributed by atoms with Gasteiger partial charge >= 0.3 is 0 Å². The minimum absolute atomic E-state index is 0.136. The number of amides is 1. The van der Waals surface area contributed by atoms with Crippen LogP contribution in [0, 0.1) is 31.1 Å². The molecular formula is C20H27ClN2O2. The molecular weight excluding hydrogens is 336 g/mol. The van der Waals surface area contributed by atoms with E-state index in [-0.39, 0.29) is 16.2 Å². The SMILES string of the molecule is COc1c(C)cnc(CNC(=O)C23CC4CC(CC(Cl)(C4)C2)C3)c1C. The van der Waals surface area contributed by atoms with Gasteiger partial charge in [0, 0.05) is 22.2 Å². The van der Waals surface area contributed by atoms with E-state index in [0.717, 1.165) is 54.7 Å². The summed E-state index contributed by atoms with van der Waals surface area (Å²) in [6.07, 6.45) is 8.11. The third-order valence-electron chi connectivity index (χ3n) is 6.64. The maximum Gasteiger partial charge on any atom is 0.226 e. The van der Waals surface area contributed by atoms with Crippen LogP contribution in [0.3, 0.4) is 0 Å². The average Bonchev–Trinajstić information content (AvgIpc) is 2.52. The van der Waals surface area contributed by atoms with Crippen LogP contribution in [-0.2, 0) is 11.3 Å². The van der Waals surface area contributed by atoms with E-state index in [9.17, 15) is 4.79 Å². The number of pyridine rings is 1. The highest BCUT2D eigenvalue weighted by atomic mass is 35.5. The van der Waals surface area contributed by atoms with Gasteiger partial charge in [0.05, 0.1) is 24.8 Å². The molecule has 4 nitrogen and oxygen atoms in total. The fraction of sp³-hybridized carbons (Fsp3) is 0.700. The number of nitrogens with one attached hydrogen (secondary N) is 1. The predicted molar refractivity (Wildman–Crippen MR) is 97.8 cm³/mol. The minimum atomic E-state index is -0.255. The van der Waals surface area contributed by atoms with Crippen LogP contribution in [-0.4, -0.2) is 22.9 Å². The molecule has 0 aliphatic heterocycles. The molecule has 1 heterocycles. The number of nitrogens with zero attached hydrogens (tertiary/aromatic N) is 1. The van der Waals surface area contributed by atoms with Crippen molar-refractivity contribution >= 4 is 17.5 Å². The van der Waals surface area contributed by atoms with Gasteiger partial charge in [0.2, 0.25) is 5.91 Å². The van der Waals surface area contributed by atoms with Crippen LogP contribution >= 0.6 is 11.6 Å². The van der Waals surface area contributed by atoms with E-state index in [0.29, 0.717) is 18.4 Å². The zero-order valence-corrected chi connectivity index (χ0v) is 16.1. The second kappa shape index (κ2) is 5.87.